The van der Waals surface area contributed by atoms with Crippen LogP contribution in [0.4, 0.5) is 5.69 Å². The van der Waals surface area contributed by atoms with E-state index in [1.165, 1.54) is 24.4 Å². The molecule has 0 aliphatic heterocycles. The number of anilines is 1. The number of sulfonamides is 1. The molecule has 0 saturated heterocycles. The van der Waals surface area contributed by atoms with E-state index in [-0.39, 0.29) is 10.6 Å². The maximum atomic E-state index is 13.2. The van der Waals surface area contributed by atoms with Crippen molar-refractivity contribution in [2.24, 2.45) is 5.10 Å². The molecule has 0 atom stereocenters. The molecule has 0 heterocycles. The molecule has 3 aromatic carbocycles. The second-order valence-corrected chi connectivity index (χ2v) is 9.35. The summed E-state index contributed by atoms with van der Waals surface area (Å²) < 4.78 is 27.3. The van der Waals surface area contributed by atoms with Crippen LogP contribution in [0.5, 0.6) is 0 Å². The Hall–Kier alpha value is -2.58. The van der Waals surface area contributed by atoms with E-state index in [1.807, 2.05) is 0 Å². The molecule has 0 fully saturated rings. The highest BCUT2D eigenvalue weighted by atomic mass is 35.5. The quantitative estimate of drug-likeness (QED) is 0.370. The number of nitrogens with one attached hydrogen (secondary N) is 1. The van der Waals surface area contributed by atoms with Crippen molar-refractivity contribution in [2.45, 2.75) is 4.90 Å². The zero-order valence-electron chi connectivity index (χ0n) is 15.9. The first kappa shape index (κ1) is 23.1. The molecule has 1 N–H and O–H groups in total. The molecule has 3 rings (SSSR count). The minimum Gasteiger partial charge on any atom is -0.271 e. The van der Waals surface area contributed by atoms with Gasteiger partial charge in [-0.05, 0) is 42.5 Å². The SMILES string of the molecule is O=C(CN(c1cccc(Cl)c1)S(=O)(=O)c1ccccc1)N/N=C/c1c(Cl)cccc1Cl. The number of hydrogen-bond donors (Lipinski definition) is 1. The number of hydrogen-bond acceptors (Lipinski definition) is 4. The summed E-state index contributed by atoms with van der Waals surface area (Å²) >= 11 is 18.2. The number of nitrogens with zero attached hydrogens (tertiary/aromatic N) is 2. The molecule has 0 radical (unpaired) electrons. The molecule has 6 nitrogen and oxygen atoms in total. The molecule has 10 heteroatoms. The molecule has 0 aromatic heterocycles. The molecule has 160 valence electrons. The van der Waals surface area contributed by atoms with Crippen LogP contribution in [-0.4, -0.2) is 27.1 Å². The number of halogens is 3. The van der Waals surface area contributed by atoms with Gasteiger partial charge in [0.15, 0.2) is 0 Å². The molecule has 0 saturated carbocycles. The topological polar surface area (TPSA) is 78.8 Å². The Morgan fingerprint density at radius 1 is 0.935 bits per heavy atom. The second kappa shape index (κ2) is 10.2. The fourth-order valence-electron chi connectivity index (χ4n) is 2.63. The lowest BCUT2D eigenvalue weighted by atomic mass is 10.2. The van der Waals surface area contributed by atoms with Gasteiger partial charge in [-0.15, -0.1) is 0 Å². The highest BCUT2D eigenvalue weighted by molar-refractivity contribution is 7.92. The Morgan fingerprint density at radius 2 is 1.58 bits per heavy atom. The highest BCUT2D eigenvalue weighted by Crippen LogP contribution is 2.26. The average molecular weight is 497 g/mol. The van der Waals surface area contributed by atoms with Crippen molar-refractivity contribution in [2.75, 3.05) is 10.8 Å². The summed E-state index contributed by atoms with van der Waals surface area (Å²) in [5.41, 5.74) is 2.96. The average Bonchev–Trinajstić information content (AvgIpc) is 2.74. The Morgan fingerprint density at radius 3 is 2.23 bits per heavy atom. The Kier molecular flexibility index (Phi) is 7.56. The Balaban J connectivity index is 1.85. The van der Waals surface area contributed by atoms with Crippen LogP contribution >= 0.6 is 34.8 Å². The predicted molar refractivity (Wildman–Crippen MR) is 125 cm³/mol. The van der Waals surface area contributed by atoms with E-state index in [2.05, 4.69) is 10.5 Å². The van der Waals surface area contributed by atoms with E-state index in [1.54, 1.807) is 54.6 Å². The molecule has 1 amide bonds. The first-order valence-corrected chi connectivity index (χ1v) is 11.5. The van der Waals surface area contributed by atoms with Crippen molar-refractivity contribution >= 4 is 62.6 Å². The Labute approximate surface area is 195 Å². The van der Waals surface area contributed by atoms with Gasteiger partial charge in [-0.1, -0.05) is 65.1 Å². The molecule has 0 aliphatic carbocycles. The third kappa shape index (κ3) is 5.77. The standard InChI is InChI=1S/C21H16Cl3N3O3S/c22-15-6-4-7-16(12-15)27(31(29,30)17-8-2-1-3-9-17)14-21(28)26-25-13-18-19(23)10-5-11-20(18)24/h1-13H,14H2,(H,26,28)/b25-13+. The third-order valence-corrected chi connectivity index (χ3v) is 6.78. The molecule has 3 aromatic rings. The van der Waals surface area contributed by atoms with E-state index in [0.717, 1.165) is 4.31 Å². The van der Waals surface area contributed by atoms with Crippen molar-refractivity contribution in [1.82, 2.24) is 5.43 Å². The number of carbonyl (C=O) groups excluding carboxylic acids is 1. The summed E-state index contributed by atoms with van der Waals surface area (Å²) in [5, 5.41) is 4.89. The molecular weight excluding hydrogens is 481 g/mol. The smallest absolute Gasteiger partial charge is 0.264 e. The summed E-state index contributed by atoms with van der Waals surface area (Å²) in [6.07, 6.45) is 1.29. The number of rotatable bonds is 7. The van der Waals surface area contributed by atoms with Gasteiger partial charge in [0.1, 0.15) is 6.54 Å². The number of benzene rings is 3. The third-order valence-electron chi connectivity index (χ3n) is 4.10. The summed E-state index contributed by atoms with van der Waals surface area (Å²) in [5.74, 6) is -0.668. The van der Waals surface area contributed by atoms with Gasteiger partial charge < -0.3 is 0 Å². The van der Waals surface area contributed by atoms with E-state index >= 15 is 0 Å². The van der Waals surface area contributed by atoms with E-state index < -0.39 is 22.5 Å². The molecule has 31 heavy (non-hydrogen) atoms. The summed E-state index contributed by atoms with van der Waals surface area (Å²) in [6, 6.07) is 18.9. The van der Waals surface area contributed by atoms with Gasteiger partial charge in [-0.2, -0.15) is 5.10 Å². The van der Waals surface area contributed by atoms with E-state index in [9.17, 15) is 13.2 Å². The van der Waals surface area contributed by atoms with Crippen LogP contribution < -0.4 is 9.73 Å². The first-order chi connectivity index (χ1) is 14.8. The van der Waals surface area contributed by atoms with Crippen molar-refractivity contribution in [3.63, 3.8) is 0 Å². The zero-order chi connectivity index (χ0) is 22.4. The van der Waals surface area contributed by atoms with Gasteiger partial charge in [0, 0.05) is 10.6 Å². The lowest BCUT2D eigenvalue weighted by Gasteiger charge is -2.23. The van der Waals surface area contributed by atoms with Gasteiger partial charge in [0.25, 0.3) is 15.9 Å². The highest BCUT2D eigenvalue weighted by Gasteiger charge is 2.27. The second-order valence-electron chi connectivity index (χ2n) is 6.23. The van der Waals surface area contributed by atoms with Crippen LogP contribution in [0.25, 0.3) is 0 Å². The molecule has 0 bridgehead atoms. The molecule has 0 aliphatic rings. The van der Waals surface area contributed by atoms with Gasteiger partial charge in [-0.3, -0.25) is 9.10 Å². The number of hydrazone groups is 1. The summed E-state index contributed by atoms with van der Waals surface area (Å²) in [4.78, 5) is 12.6. The lowest BCUT2D eigenvalue weighted by molar-refractivity contribution is -0.119. The minimum atomic E-state index is -4.04. The van der Waals surface area contributed by atoms with Crippen molar-refractivity contribution in [3.05, 3.63) is 93.4 Å². The lowest BCUT2D eigenvalue weighted by Crippen LogP contribution is -2.39. The summed E-state index contributed by atoms with van der Waals surface area (Å²) in [7, 11) is -4.04. The largest absolute Gasteiger partial charge is 0.271 e. The van der Waals surface area contributed by atoms with E-state index in [0.29, 0.717) is 20.6 Å². The number of carbonyl (C=O) groups is 1. The maximum absolute atomic E-state index is 13.2. The Bertz CT molecular complexity index is 1200. The van der Waals surface area contributed by atoms with Gasteiger partial charge in [0.05, 0.1) is 26.8 Å². The molecule has 0 unspecified atom stereocenters. The van der Waals surface area contributed by atoms with Crippen molar-refractivity contribution < 1.29 is 13.2 Å². The van der Waals surface area contributed by atoms with Crippen molar-refractivity contribution in [3.8, 4) is 0 Å². The molecular formula is C21H16Cl3N3O3S. The summed E-state index contributed by atoms with van der Waals surface area (Å²) in [6.45, 7) is -0.523. The fraction of sp³-hybridized carbons (Fsp3) is 0.0476. The van der Waals surface area contributed by atoms with Gasteiger partial charge in [0.2, 0.25) is 0 Å². The maximum Gasteiger partial charge on any atom is 0.264 e. The van der Waals surface area contributed by atoms with Crippen molar-refractivity contribution in [1.29, 1.82) is 0 Å². The van der Waals surface area contributed by atoms with Crippen LogP contribution in [0.2, 0.25) is 15.1 Å². The predicted octanol–water partition coefficient (Wildman–Crippen LogP) is 4.99. The minimum absolute atomic E-state index is 0.0362. The van der Waals surface area contributed by atoms with Crippen LogP contribution in [-0.2, 0) is 14.8 Å². The normalized spacial score (nSPS) is 11.5. The fourth-order valence-corrected chi connectivity index (χ4v) is 4.75. The zero-order valence-corrected chi connectivity index (χ0v) is 19.0. The van der Waals surface area contributed by atoms with Gasteiger partial charge in [-0.25, -0.2) is 13.8 Å². The first-order valence-electron chi connectivity index (χ1n) is 8.88. The van der Waals surface area contributed by atoms with Crippen LogP contribution in [0, 0.1) is 0 Å². The number of amides is 1. The van der Waals surface area contributed by atoms with Crippen LogP contribution in [0.1, 0.15) is 5.56 Å². The van der Waals surface area contributed by atoms with E-state index in [4.69, 9.17) is 34.8 Å². The van der Waals surface area contributed by atoms with Crippen LogP contribution in [0.3, 0.4) is 0 Å². The van der Waals surface area contributed by atoms with Gasteiger partial charge >= 0.3 is 0 Å². The molecule has 0 spiro atoms. The monoisotopic (exact) mass is 495 g/mol. The van der Waals surface area contributed by atoms with Crippen LogP contribution in [0.15, 0.2) is 82.8 Å².